The van der Waals surface area contributed by atoms with E-state index in [4.69, 9.17) is 0 Å². The number of hydrogen-bond donors (Lipinski definition) is 1. The van der Waals surface area contributed by atoms with Crippen molar-refractivity contribution in [3.8, 4) is 0 Å². The van der Waals surface area contributed by atoms with Crippen molar-refractivity contribution in [1.82, 2.24) is 4.90 Å². The van der Waals surface area contributed by atoms with Crippen molar-refractivity contribution >= 4 is 0 Å². The van der Waals surface area contributed by atoms with Crippen molar-refractivity contribution < 1.29 is 13.9 Å². The van der Waals surface area contributed by atoms with Crippen LogP contribution >= 0.6 is 0 Å². The molecular weight excluding hydrogens is 236 g/mol. The SMILES string of the molecule is C[C@H](c1ccccc1)N1CCC(O)C[C@@H]1C(F)F. The van der Waals surface area contributed by atoms with Crippen molar-refractivity contribution in [3.63, 3.8) is 0 Å². The van der Waals surface area contributed by atoms with Gasteiger partial charge in [-0.25, -0.2) is 8.78 Å². The van der Waals surface area contributed by atoms with Crippen molar-refractivity contribution in [2.24, 2.45) is 0 Å². The van der Waals surface area contributed by atoms with Crippen molar-refractivity contribution in [3.05, 3.63) is 35.9 Å². The first-order chi connectivity index (χ1) is 8.59. The minimum Gasteiger partial charge on any atom is -0.393 e. The second-order valence-corrected chi connectivity index (χ2v) is 4.90. The van der Waals surface area contributed by atoms with Gasteiger partial charge in [0.2, 0.25) is 0 Å². The van der Waals surface area contributed by atoms with Gasteiger partial charge in [0.1, 0.15) is 0 Å². The Balaban J connectivity index is 2.15. The normalized spacial score (nSPS) is 27.4. The third kappa shape index (κ3) is 2.87. The number of rotatable bonds is 3. The van der Waals surface area contributed by atoms with E-state index in [1.54, 1.807) is 0 Å². The molecule has 0 amide bonds. The van der Waals surface area contributed by atoms with E-state index >= 15 is 0 Å². The quantitative estimate of drug-likeness (QED) is 0.897. The van der Waals surface area contributed by atoms with Gasteiger partial charge in [0.15, 0.2) is 0 Å². The van der Waals surface area contributed by atoms with Gasteiger partial charge in [0.05, 0.1) is 12.1 Å². The van der Waals surface area contributed by atoms with E-state index in [9.17, 15) is 13.9 Å². The van der Waals surface area contributed by atoms with Gasteiger partial charge in [-0.05, 0) is 25.3 Å². The average Bonchev–Trinajstić information content (AvgIpc) is 2.39. The zero-order valence-electron chi connectivity index (χ0n) is 10.5. The number of hydrogen-bond acceptors (Lipinski definition) is 2. The Hall–Kier alpha value is -1.00. The number of aliphatic hydroxyl groups excluding tert-OH is 1. The average molecular weight is 255 g/mol. The van der Waals surface area contributed by atoms with Gasteiger partial charge in [0, 0.05) is 12.6 Å². The number of benzene rings is 1. The fourth-order valence-electron chi connectivity index (χ4n) is 2.65. The van der Waals surface area contributed by atoms with Gasteiger partial charge in [-0.3, -0.25) is 4.90 Å². The molecule has 100 valence electrons. The van der Waals surface area contributed by atoms with E-state index < -0.39 is 18.6 Å². The van der Waals surface area contributed by atoms with Gasteiger partial charge in [-0.15, -0.1) is 0 Å². The van der Waals surface area contributed by atoms with E-state index in [1.807, 2.05) is 42.2 Å². The van der Waals surface area contributed by atoms with Crippen LogP contribution in [0.2, 0.25) is 0 Å². The van der Waals surface area contributed by atoms with Crippen LogP contribution in [0.25, 0.3) is 0 Å². The van der Waals surface area contributed by atoms with Crippen LogP contribution in [0.15, 0.2) is 30.3 Å². The Morgan fingerprint density at radius 1 is 1.28 bits per heavy atom. The number of alkyl halides is 2. The molecule has 18 heavy (non-hydrogen) atoms. The monoisotopic (exact) mass is 255 g/mol. The summed E-state index contributed by atoms with van der Waals surface area (Å²) >= 11 is 0. The molecule has 0 radical (unpaired) electrons. The number of aliphatic hydroxyl groups is 1. The molecule has 0 spiro atoms. The molecule has 0 bridgehead atoms. The Labute approximate surface area is 106 Å². The van der Waals surface area contributed by atoms with Crippen LogP contribution in [-0.4, -0.2) is 35.1 Å². The summed E-state index contributed by atoms with van der Waals surface area (Å²) in [7, 11) is 0. The van der Waals surface area contributed by atoms with Crippen molar-refractivity contribution in [2.45, 2.75) is 44.4 Å². The Kier molecular flexibility index (Phi) is 4.30. The van der Waals surface area contributed by atoms with Crippen molar-refractivity contribution in [2.75, 3.05) is 6.54 Å². The van der Waals surface area contributed by atoms with Crippen LogP contribution in [0.4, 0.5) is 8.78 Å². The maximum Gasteiger partial charge on any atom is 0.254 e. The number of piperidine rings is 1. The molecule has 1 aliphatic rings. The van der Waals surface area contributed by atoms with Gasteiger partial charge >= 0.3 is 0 Å². The third-order valence-corrected chi connectivity index (χ3v) is 3.73. The lowest BCUT2D eigenvalue weighted by molar-refractivity contribution is -0.0519. The number of nitrogens with zero attached hydrogens (tertiary/aromatic N) is 1. The zero-order valence-corrected chi connectivity index (χ0v) is 10.5. The Morgan fingerprint density at radius 3 is 2.56 bits per heavy atom. The molecular formula is C14H19F2NO. The fraction of sp³-hybridized carbons (Fsp3) is 0.571. The molecule has 0 aliphatic carbocycles. The minimum absolute atomic E-state index is 0.0438. The zero-order chi connectivity index (χ0) is 13.1. The summed E-state index contributed by atoms with van der Waals surface area (Å²) in [4.78, 5) is 1.81. The van der Waals surface area contributed by atoms with Crippen molar-refractivity contribution in [1.29, 1.82) is 0 Å². The molecule has 1 saturated heterocycles. The molecule has 1 aromatic rings. The first-order valence-electron chi connectivity index (χ1n) is 6.36. The highest BCUT2D eigenvalue weighted by Crippen LogP contribution is 2.31. The lowest BCUT2D eigenvalue weighted by Gasteiger charge is -2.41. The second kappa shape index (κ2) is 5.76. The molecule has 2 rings (SSSR count). The molecule has 4 heteroatoms. The van der Waals surface area contributed by atoms with E-state index in [-0.39, 0.29) is 12.5 Å². The molecule has 1 aromatic carbocycles. The molecule has 3 atom stereocenters. The molecule has 0 aromatic heterocycles. The summed E-state index contributed by atoms with van der Waals surface area (Å²) in [5, 5.41) is 9.54. The minimum atomic E-state index is -2.41. The van der Waals surface area contributed by atoms with Crippen LogP contribution in [0.5, 0.6) is 0 Å². The molecule has 2 nitrogen and oxygen atoms in total. The number of halogens is 2. The molecule has 1 N–H and O–H groups in total. The summed E-state index contributed by atoms with van der Waals surface area (Å²) in [6.45, 7) is 2.47. The van der Waals surface area contributed by atoms with Gasteiger partial charge in [0.25, 0.3) is 6.43 Å². The van der Waals surface area contributed by atoms with Gasteiger partial charge in [-0.1, -0.05) is 30.3 Å². The molecule has 1 heterocycles. The first kappa shape index (κ1) is 13.4. The lowest BCUT2D eigenvalue weighted by Crippen LogP contribution is -2.49. The van der Waals surface area contributed by atoms with Gasteiger partial charge in [-0.2, -0.15) is 0 Å². The summed E-state index contributed by atoms with van der Waals surface area (Å²) in [6.07, 6.45) is -2.27. The topological polar surface area (TPSA) is 23.5 Å². The van der Waals surface area contributed by atoms with Crippen LogP contribution in [0.3, 0.4) is 0 Å². The highest BCUT2D eigenvalue weighted by Gasteiger charge is 2.36. The predicted octanol–water partition coefficient (Wildman–Crippen LogP) is 2.84. The second-order valence-electron chi connectivity index (χ2n) is 4.90. The van der Waals surface area contributed by atoms with E-state index in [2.05, 4.69) is 0 Å². The molecule has 1 unspecified atom stereocenters. The Morgan fingerprint density at radius 2 is 1.94 bits per heavy atom. The summed E-state index contributed by atoms with van der Waals surface area (Å²) < 4.78 is 26.1. The summed E-state index contributed by atoms with van der Waals surface area (Å²) in [6, 6.07) is 8.78. The largest absolute Gasteiger partial charge is 0.393 e. The van der Waals surface area contributed by atoms with E-state index in [0.717, 1.165) is 5.56 Å². The van der Waals surface area contributed by atoms with Crippen LogP contribution in [0.1, 0.15) is 31.4 Å². The summed E-state index contributed by atoms with van der Waals surface area (Å²) in [5.74, 6) is 0. The molecule has 1 aliphatic heterocycles. The smallest absolute Gasteiger partial charge is 0.254 e. The standard InChI is InChI=1S/C14H19F2NO/c1-10(11-5-3-2-4-6-11)17-8-7-12(18)9-13(17)14(15)16/h2-6,10,12-14,18H,7-9H2,1H3/t10-,12?,13-/m1/s1. The Bertz CT molecular complexity index is 371. The lowest BCUT2D eigenvalue weighted by atomic mass is 9.95. The molecule has 1 fully saturated rings. The highest BCUT2D eigenvalue weighted by atomic mass is 19.3. The predicted molar refractivity (Wildman–Crippen MR) is 66.6 cm³/mol. The van der Waals surface area contributed by atoms with E-state index in [1.165, 1.54) is 0 Å². The number of likely N-dealkylation sites (tertiary alicyclic amines) is 1. The van der Waals surface area contributed by atoms with Crippen LogP contribution in [0, 0.1) is 0 Å². The van der Waals surface area contributed by atoms with E-state index in [0.29, 0.717) is 13.0 Å². The summed E-state index contributed by atoms with van der Waals surface area (Å²) in [5.41, 5.74) is 1.04. The fourth-order valence-corrected chi connectivity index (χ4v) is 2.65. The third-order valence-electron chi connectivity index (χ3n) is 3.73. The maximum atomic E-state index is 13.1. The molecule has 0 saturated carbocycles. The van der Waals surface area contributed by atoms with Crippen LogP contribution < -0.4 is 0 Å². The van der Waals surface area contributed by atoms with Crippen LogP contribution in [-0.2, 0) is 0 Å². The van der Waals surface area contributed by atoms with Gasteiger partial charge < -0.3 is 5.11 Å². The first-order valence-corrected chi connectivity index (χ1v) is 6.36. The highest BCUT2D eigenvalue weighted by molar-refractivity contribution is 5.18. The maximum absolute atomic E-state index is 13.1.